The van der Waals surface area contributed by atoms with Gasteiger partial charge < -0.3 is 10.1 Å². The summed E-state index contributed by atoms with van der Waals surface area (Å²) in [5, 5.41) is 24.1. The Bertz CT molecular complexity index is 1630. The molecule has 5 aromatic rings. The monoisotopic (exact) mass is 565 g/mol. The van der Waals surface area contributed by atoms with Crippen molar-refractivity contribution in [1.29, 1.82) is 0 Å². The molecule has 10 heteroatoms. The fourth-order valence-corrected chi connectivity index (χ4v) is 5.27. The molecule has 0 spiro atoms. The first-order chi connectivity index (χ1) is 20.0. The highest BCUT2D eigenvalue weighted by molar-refractivity contribution is 7.98. The summed E-state index contributed by atoms with van der Waals surface area (Å²) in [5.74, 6) is 1.44. The summed E-state index contributed by atoms with van der Waals surface area (Å²) in [4.78, 5) is 24.4. The van der Waals surface area contributed by atoms with Gasteiger partial charge in [0.05, 0.1) is 18.1 Å². The van der Waals surface area contributed by atoms with Crippen molar-refractivity contribution < 1.29 is 14.5 Å². The van der Waals surface area contributed by atoms with Gasteiger partial charge >= 0.3 is 0 Å². The summed E-state index contributed by atoms with van der Waals surface area (Å²) in [7, 11) is 1.55. The van der Waals surface area contributed by atoms with Gasteiger partial charge in [-0.25, -0.2) is 0 Å². The van der Waals surface area contributed by atoms with Gasteiger partial charge in [0.25, 0.3) is 11.6 Å². The first-order valence-electron chi connectivity index (χ1n) is 12.9. The first kappa shape index (κ1) is 27.6. The van der Waals surface area contributed by atoms with Crippen molar-refractivity contribution in [2.24, 2.45) is 0 Å². The molecule has 0 saturated heterocycles. The summed E-state index contributed by atoms with van der Waals surface area (Å²) in [6.07, 6.45) is 0.449. The van der Waals surface area contributed by atoms with Crippen molar-refractivity contribution in [3.05, 3.63) is 142 Å². The largest absolute Gasteiger partial charge is 0.497 e. The van der Waals surface area contributed by atoms with E-state index in [4.69, 9.17) is 4.74 Å². The van der Waals surface area contributed by atoms with Crippen molar-refractivity contribution in [2.45, 2.75) is 23.4 Å². The summed E-state index contributed by atoms with van der Waals surface area (Å²) in [6.45, 7) is 0. The number of nitro groups is 1. The van der Waals surface area contributed by atoms with E-state index in [-0.39, 0.29) is 11.6 Å². The van der Waals surface area contributed by atoms with Crippen molar-refractivity contribution in [3.63, 3.8) is 0 Å². The first-order valence-corrected chi connectivity index (χ1v) is 13.9. The van der Waals surface area contributed by atoms with Crippen LogP contribution in [-0.4, -0.2) is 32.7 Å². The number of ether oxygens (including phenoxy) is 1. The van der Waals surface area contributed by atoms with Crippen molar-refractivity contribution in [1.82, 2.24) is 20.1 Å². The second kappa shape index (κ2) is 12.9. The number of carbonyl (C=O) groups excluding carboxylic acids is 1. The van der Waals surface area contributed by atoms with E-state index in [9.17, 15) is 14.9 Å². The third-order valence-electron chi connectivity index (χ3n) is 6.42. The molecule has 1 amide bonds. The lowest BCUT2D eigenvalue weighted by Gasteiger charge is -2.20. The Labute approximate surface area is 241 Å². The molecule has 0 bridgehead atoms. The number of hydrogen-bond donors (Lipinski definition) is 1. The lowest BCUT2D eigenvalue weighted by molar-refractivity contribution is -0.384. The zero-order valence-corrected chi connectivity index (χ0v) is 23.0. The van der Waals surface area contributed by atoms with Crippen LogP contribution in [-0.2, 0) is 12.2 Å². The van der Waals surface area contributed by atoms with E-state index >= 15 is 0 Å². The van der Waals surface area contributed by atoms with Crippen LogP contribution >= 0.6 is 11.8 Å². The van der Waals surface area contributed by atoms with Crippen LogP contribution in [0.1, 0.15) is 33.4 Å². The van der Waals surface area contributed by atoms with Crippen molar-refractivity contribution in [2.75, 3.05) is 7.11 Å². The number of hydrogen-bond acceptors (Lipinski definition) is 7. The Hall–Kier alpha value is -4.96. The van der Waals surface area contributed by atoms with Gasteiger partial charge in [0.1, 0.15) is 5.75 Å². The molecule has 1 atom stereocenters. The number of carbonyl (C=O) groups is 1. The predicted octanol–water partition coefficient (Wildman–Crippen LogP) is 6.19. The number of nitrogens with one attached hydrogen (secondary N) is 1. The molecular formula is C31H27N5O4S. The molecule has 0 aliphatic rings. The minimum atomic E-state index is -0.565. The molecule has 0 aliphatic heterocycles. The number of amides is 1. The number of aromatic nitrogens is 3. The molecule has 206 valence electrons. The van der Waals surface area contributed by atoms with E-state index < -0.39 is 11.0 Å². The minimum absolute atomic E-state index is 0.0194. The predicted molar refractivity (Wildman–Crippen MR) is 157 cm³/mol. The van der Waals surface area contributed by atoms with Gasteiger partial charge in [0.15, 0.2) is 11.0 Å². The molecule has 1 N–H and O–H groups in total. The highest BCUT2D eigenvalue weighted by Crippen LogP contribution is 2.30. The van der Waals surface area contributed by atoms with Gasteiger partial charge in [-0.1, -0.05) is 78.5 Å². The molecule has 1 aromatic heterocycles. The average molecular weight is 566 g/mol. The normalized spacial score (nSPS) is 11.5. The number of non-ortho nitro benzene ring substituents is 1. The van der Waals surface area contributed by atoms with Gasteiger partial charge in [0, 0.05) is 29.1 Å². The topological polar surface area (TPSA) is 112 Å². The number of benzene rings is 4. The molecular weight excluding hydrogens is 538 g/mol. The van der Waals surface area contributed by atoms with E-state index in [0.717, 1.165) is 11.1 Å². The highest BCUT2D eigenvalue weighted by Gasteiger charge is 2.26. The van der Waals surface area contributed by atoms with E-state index in [1.165, 1.54) is 23.9 Å². The Morgan fingerprint density at radius 2 is 1.61 bits per heavy atom. The van der Waals surface area contributed by atoms with Crippen LogP contribution in [0.2, 0.25) is 0 Å². The van der Waals surface area contributed by atoms with Gasteiger partial charge in [0.2, 0.25) is 0 Å². The van der Waals surface area contributed by atoms with Crippen molar-refractivity contribution >= 4 is 23.4 Å². The van der Waals surface area contributed by atoms with Crippen LogP contribution in [0, 0.1) is 10.1 Å². The van der Waals surface area contributed by atoms with Crippen molar-refractivity contribution in [3.8, 4) is 11.4 Å². The molecule has 1 unspecified atom stereocenters. The lowest BCUT2D eigenvalue weighted by Crippen LogP contribution is -2.32. The third kappa shape index (κ3) is 6.79. The van der Waals surface area contributed by atoms with Crippen LogP contribution in [0.25, 0.3) is 5.69 Å². The Morgan fingerprint density at radius 1 is 0.927 bits per heavy atom. The fourth-order valence-electron chi connectivity index (χ4n) is 4.35. The van der Waals surface area contributed by atoms with Gasteiger partial charge in [-0.2, -0.15) is 0 Å². The molecule has 41 heavy (non-hydrogen) atoms. The van der Waals surface area contributed by atoms with Crippen LogP contribution in [0.3, 0.4) is 0 Å². The molecule has 0 radical (unpaired) electrons. The summed E-state index contributed by atoms with van der Waals surface area (Å²) in [5.41, 5.74) is 3.20. The maximum absolute atomic E-state index is 13.5. The van der Waals surface area contributed by atoms with Gasteiger partial charge in [-0.15, -0.1) is 10.2 Å². The van der Waals surface area contributed by atoms with E-state index in [2.05, 4.69) is 15.5 Å². The SMILES string of the molecule is COc1cccc(C(=O)NC(Cc2ccccc2)c2nnc(SCc3ccccc3)n2-c2ccc([N+](=O)[O-])cc2)c1. The van der Waals surface area contributed by atoms with Crippen LogP contribution < -0.4 is 10.1 Å². The number of methoxy groups -OCH3 is 1. The summed E-state index contributed by atoms with van der Waals surface area (Å²) in [6, 6.07) is 32.4. The van der Waals surface area contributed by atoms with E-state index in [1.54, 1.807) is 43.5 Å². The number of rotatable bonds is 11. The van der Waals surface area contributed by atoms with Crippen LogP contribution in [0.4, 0.5) is 5.69 Å². The van der Waals surface area contributed by atoms with Gasteiger partial charge in [-0.3, -0.25) is 19.5 Å². The highest BCUT2D eigenvalue weighted by atomic mass is 32.2. The smallest absolute Gasteiger partial charge is 0.269 e. The van der Waals surface area contributed by atoms with Crippen LogP contribution in [0.5, 0.6) is 5.75 Å². The molecule has 0 aliphatic carbocycles. The minimum Gasteiger partial charge on any atom is -0.497 e. The number of nitro benzene ring substituents is 1. The Kier molecular flexibility index (Phi) is 8.70. The zero-order chi connectivity index (χ0) is 28.6. The maximum atomic E-state index is 13.5. The Balaban J connectivity index is 1.55. The van der Waals surface area contributed by atoms with Gasteiger partial charge in [-0.05, 0) is 47.9 Å². The average Bonchev–Trinajstić information content (AvgIpc) is 3.44. The lowest BCUT2D eigenvalue weighted by atomic mass is 10.0. The van der Waals surface area contributed by atoms with E-state index in [1.807, 2.05) is 65.2 Å². The molecule has 4 aromatic carbocycles. The Morgan fingerprint density at radius 3 is 2.27 bits per heavy atom. The van der Waals surface area contributed by atoms with Crippen LogP contribution in [0.15, 0.2) is 114 Å². The summed E-state index contributed by atoms with van der Waals surface area (Å²) < 4.78 is 7.16. The second-order valence-electron chi connectivity index (χ2n) is 9.17. The quantitative estimate of drug-likeness (QED) is 0.115. The number of nitrogens with zero attached hydrogens (tertiary/aromatic N) is 4. The molecule has 0 fully saturated rings. The molecule has 5 rings (SSSR count). The molecule has 1 heterocycles. The summed E-state index contributed by atoms with van der Waals surface area (Å²) >= 11 is 1.50. The fraction of sp³-hybridized carbons (Fsp3) is 0.129. The zero-order valence-electron chi connectivity index (χ0n) is 22.2. The number of thioether (sulfide) groups is 1. The standard InChI is InChI=1S/C31H27N5O4S/c1-40-27-14-8-13-24(20-27)30(37)32-28(19-22-9-4-2-5-10-22)29-33-34-31(41-21-23-11-6-3-7-12-23)35(29)25-15-17-26(18-16-25)36(38)39/h2-18,20,28H,19,21H2,1H3,(H,32,37). The second-order valence-corrected chi connectivity index (χ2v) is 10.1. The van der Waals surface area contributed by atoms with E-state index in [0.29, 0.717) is 40.2 Å². The third-order valence-corrected chi connectivity index (χ3v) is 7.42. The molecule has 9 nitrogen and oxygen atoms in total. The maximum Gasteiger partial charge on any atom is 0.269 e. The molecule has 0 saturated carbocycles.